The Hall–Kier alpha value is -4.53. The normalized spacial score (nSPS) is 13.8. The molecular weight excluding hydrogens is 486 g/mol. The molecule has 0 aliphatic carbocycles. The SMILES string of the molecule is NC(=O)c1cnc(Nc2ccc(C3CCN(c4ccccn4)CC3)cc2)cc1NCc1cccc(F)c1F. The van der Waals surface area contributed by atoms with Crippen LogP contribution in [0.1, 0.15) is 40.2 Å². The molecule has 4 aromatic rings. The summed E-state index contributed by atoms with van der Waals surface area (Å²) in [7, 11) is 0. The minimum atomic E-state index is -0.935. The first kappa shape index (κ1) is 25.1. The number of anilines is 4. The molecule has 2 aromatic heterocycles. The molecule has 2 aromatic carbocycles. The molecule has 1 aliphatic rings. The van der Waals surface area contributed by atoms with Crippen LogP contribution in [0.25, 0.3) is 0 Å². The summed E-state index contributed by atoms with van der Waals surface area (Å²) in [4.78, 5) is 23.0. The molecule has 38 heavy (non-hydrogen) atoms. The van der Waals surface area contributed by atoms with Crippen LogP contribution in [0.3, 0.4) is 0 Å². The second kappa shape index (κ2) is 11.2. The van der Waals surface area contributed by atoms with E-state index in [9.17, 15) is 13.6 Å². The van der Waals surface area contributed by atoms with Gasteiger partial charge in [-0.1, -0.05) is 30.3 Å². The Morgan fingerprint density at radius 3 is 2.50 bits per heavy atom. The highest BCUT2D eigenvalue weighted by Gasteiger charge is 2.21. The van der Waals surface area contributed by atoms with Crippen LogP contribution in [0.15, 0.2) is 79.1 Å². The smallest absolute Gasteiger partial charge is 0.252 e. The van der Waals surface area contributed by atoms with Gasteiger partial charge in [0, 0.05) is 49.3 Å². The lowest BCUT2D eigenvalue weighted by Gasteiger charge is -2.33. The maximum atomic E-state index is 14.1. The molecule has 0 radical (unpaired) electrons. The summed E-state index contributed by atoms with van der Waals surface area (Å²) in [5, 5.41) is 6.21. The average Bonchev–Trinajstić information content (AvgIpc) is 2.95. The van der Waals surface area contributed by atoms with E-state index < -0.39 is 17.5 Å². The molecule has 1 fully saturated rings. The maximum Gasteiger partial charge on any atom is 0.252 e. The highest BCUT2D eigenvalue weighted by Crippen LogP contribution is 2.31. The number of hydrogen-bond acceptors (Lipinski definition) is 6. The molecule has 194 valence electrons. The van der Waals surface area contributed by atoms with Crippen LogP contribution in [-0.2, 0) is 6.54 Å². The van der Waals surface area contributed by atoms with Gasteiger partial charge in [0.05, 0.1) is 11.3 Å². The van der Waals surface area contributed by atoms with Crippen LogP contribution in [0.4, 0.5) is 31.8 Å². The van der Waals surface area contributed by atoms with Crippen LogP contribution in [0, 0.1) is 11.6 Å². The number of nitrogens with two attached hydrogens (primary N) is 1. The number of benzene rings is 2. The van der Waals surface area contributed by atoms with Crippen molar-refractivity contribution >= 4 is 28.9 Å². The average molecular weight is 515 g/mol. The van der Waals surface area contributed by atoms with E-state index in [1.807, 2.05) is 36.5 Å². The highest BCUT2D eigenvalue weighted by atomic mass is 19.2. The third-order valence-corrected chi connectivity index (χ3v) is 6.79. The summed E-state index contributed by atoms with van der Waals surface area (Å²) in [6.45, 7) is 1.90. The van der Waals surface area contributed by atoms with Gasteiger partial charge in [-0.15, -0.1) is 0 Å². The van der Waals surface area contributed by atoms with Crippen molar-refractivity contribution in [3.63, 3.8) is 0 Å². The van der Waals surface area contributed by atoms with E-state index >= 15 is 0 Å². The molecule has 0 saturated carbocycles. The third kappa shape index (κ3) is 5.72. The number of carbonyl (C=O) groups excluding carboxylic acids is 1. The minimum Gasteiger partial charge on any atom is -0.380 e. The molecule has 1 aliphatic heterocycles. The van der Waals surface area contributed by atoms with Crippen molar-refractivity contribution in [1.82, 2.24) is 9.97 Å². The Bertz CT molecular complexity index is 1410. The van der Waals surface area contributed by atoms with Gasteiger partial charge in [0.2, 0.25) is 0 Å². The molecule has 9 heteroatoms. The van der Waals surface area contributed by atoms with Crippen molar-refractivity contribution in [2.45, 2.75) is 25.3 Å². The maximum absolute atomic E-state index is 14.1. The second-order valence-corrected chi connectivity index (χ2v) is 9.24. The van der Waals surface area contributed by atoms with Gasteiger partial charge in [-0.05, 0) is 54.7 Å². The number of halogens is 2. The zero-order chi connectivity index (χ0) is 26.5. The number of carbonyl (C=O) groups is 1. The summed E-state index contributed by atoms with van der Waals surface area (Å²) >= 11 is 0. The Kier molecular flexibility index (Phi) is 7.44. The number of rotatable bonds is 8. The lowest BCUT2D eigenvalue weighted by atomic mass is 9.89. The van der Waals surface area contributed by atoms with Crippen LogP contribution in [0.2, 0.25) is 0 Å². The van der Waals surface area contributed by atoms with Gasteiger partial charge >= 0.3 is 0 Å². The Morgan fingerprint density at radius 2 is 1.79 bits per heavy atom. The van der Waals surface area contributed by atoms with Crippen molar-refractivity contribution in [2.24, 2.45) is 5.73 Å². The topological polar surface area (TPSA) is 96.2 Å². The molecule has 0 bridgehead atoms. The molecule has 7 nitrogen and oxygen atoms in total. The number of amides is 1. The summed E-state index contributed by atoms with van der Waals surface area (Å²) in [6.07, 6.45) is 5.30. The van der Waals surface area contributed by atoms with E-state index in [0.717, 1.165) is 43.5 Å². The minimum absolute atomic E-state index is 0.0266. The van der Waals surface area contributed by atoms with E-state index in [4.69, 9.17) is 5.73 Å². The lowest BCUT2D eigenvalue weighted by molar-refractivity contribution is 0.100. The number of nitrogens with one attached hydrogen (secondary N) is 2. The van der Waals surface area contributed by atoms with Gasteiger partial charge in [-0.3, -0.25) is 4.79 Å². The number of nitrogens with zero attached hydrogens (tertiary/aromatic N) is 3. The zero-order valence-corrected chi connectivity index (χ0v) is 20.7. The fourth-order valence-electron chi connectivity index (χ4n) is 4.71. The fraction of sp³-hybridized carbons (Fsp3) is 0.207. The van der Waals surface area contributed by atoms with Gasteiger partial charge in [0.25, 0.3) is 5.91 Å². The fourth-order valence-corrected chi connectivity index (χ4v) is 4.71. The van der Waals surface area contributed by atoms with Crippen LogP contribution in [0.5, 0.6) is 0 Å². The van der Waals surface area contributed by atoms with Crippen LogP contribution >= 0.6 is 0 Å². The Balaban J connectivity index is 1.24. The van der Waals surface area contributed by atoms with E-state index in [0.29, 0.717) is 17.4 Å². The second-order valence-electron chi connectivity index (χ2n) is 9.24. The van der Waals surface area contributed by atoms with Crippen LogP contribution < -0.4 is 21.3 Å². The molecule has 0 atom stereocenters. The van der Waals surface area contributed by atoms with Crippen molar-refractivity contribution in [1.29, 1.82) is 0 Å². The van der Waals surface area contributed by atoms with Gasteiger partial charge in [-0.2, -0.15) is 0 Å². The molecule has 5 rings (SSSR count). The van der Waals surface area contributed by atoms with Crippen molar-refractivity contribution in [3.8, 4) is 0 Å². The molecular formula is C29H28F2N6O. The number of hydrogen-bond donors (Lipinski definition) is 3. The highest BCUT2D eigenvalue weighted by molar-refractivity contribution is 5.98. The first-order chi connectivity index (χ1) is 18.5. The van der Waals surface area contributed by atoms with E-state index in [1.54, 1.807) is 6.07 Å². The number of primary amides is 1. The van der Waals surface area contributed by atoms with E-state index in [-0.39, 0.29) is 17.7 Å². The summed E-state index contributed by atoms with van der Waals surface area (Å²) in [5.74, 6) is -0.557. The molecule has 3 heterocycles. The summed E-state index contributed by atoms with van der Waals surface area (Å²) in [5.41, 5.74) is 8.26. The first-order valence-electron chi connectivity index (χ1n) is 12.5. The molecule has 4 N–H and O–H groups in total. The van der Waals surface area contributed by atoms with Gasteiger partial charge < -0.3 is 21.3 Å². The summed E-state index contributed by atoms with van der Waals surface area (Å²) < 4.78 is 27.6. The number of piperidine rings is 1. The number of pyridine rings is 2. The summed E-state index contributed by atoms with van der Waals surface area (Å²) in [6, 6.07) is 19.8. The van der Waals surface area contributed by atoms with Crippen LogP contribution in [-0.4, -0.2) is 29.0 Å². The molecule has 0 unspecified atom stereocenters. The zero-order valence-electron chi connectivity index (χ0n) is 20.7. The quantitative estimate of drug-likeness (QED) is 0.284. The first-order valence-corrected chi connectivity index (χ1v) is 12.5. The number of aromatic nitrogens is 2. The lowest BCUT2D eigenvalue weighted by Crippen LogP contribution is -2.33. The van der Waals surface area contributed by atoms with Gasteiger partial charge in [0.1, 0.15) is 11.6 Å². The predicted octanol–water partition coefficient (Wildman–Crippen LogP) is 5.59. The van der Waals surface area contributed by atoms with E-state index in [1.165, 1.54) is 23.9 Å². The van der Waals surface area contributed by atoms with Crippen molar-refractivity contribution < 1.29 is 13.6 Å². The largest absolute Gasteiger partial charge is 0.380 e. The Labute approximate surface area is 219 Å². The monoisotopic (exact) mass is 514 g/mol. The van der Waals surface area contributed by atoms with Gasteiger partial charge in [-0.25, -0.2) is 18.7 Å². The predicted molar refractivity (Wildman–Crippen MR) is 145 cm³/mol. The molecule has 1 saturated heterocycles. The Morgan fingerprint density at radius 1 is 1.00 bits per heavy atom. The molecule has 1 amide bonds. The van der Waals surface area contributed by atoms with Crippen molar-refractivity contribution in [3.05, 3.63) is 107 Å². The van der Waals surface area contributed by atoms with Gasteiger partial charge in [0.15, 0.2) is 11.6 Å². The van der Waals surface area contributed by atoms with Crippen molar-refractivity contribution in [2.75, 3.05) is 28.6 Å². The standard InChI is InChI=1S/C29H28F2N6O/c30-24-5-3-4-21(28(24)31)17-34-25-16-26(35-18-23(25)29(32)38)36-22-9-7-19(8-10-22)20-11-14-37(15-12-20)27-6-1-2-13-33-27/h1-10,13,16,18,20H,11-12,14-15,17H2,(H2,32,38)(H2,34,35,36). The third-order valence-electron chi connectivity index (χ3n) is 6.79. The van der Waals surface area contributed by atoms with E-state index in [2.05, 4.69) is 37.6 Å². The molecule has 0 spiro atoms.